The largest absolute Gasteiger partial charge is 0.361 e. The van der Waals surface area contributed by atoms with Crippen LogP contribution in [0.2, 0.25) is 0 Å². The van der Waals surface area contributed by atoms with Crippen molar-refractivity contribution in [2.24, 2.45) is 0 Å². The van der Waals surface area contributed by atoms with E-state index >= 15 is 0 Å². The van der Waals surface area contributed by atoms with Gasteiger partial charge >= 0.3 is 0 Å². The number of anilines is 1. The Morgan fingerprint density at radius 2 is 1.80 bits per heavy atom. The average Bonchev–Trinajstić information content (AvgIpc) is 2.94. The molecule has 1 N–H and O–H groups in total. The Morgan fingerprint density at radius 1 is 1.00 bits per heavy atom. The first-order valence-corrected chi connectivity index (χ1v) is 10.2. The number of hydrogen-bond acceptors (Lipinski definition) is 6. The maximum Gasteiger partial charge on any atom is 0.133 e. The van der Waals surface area contributed by atoms with Crippen molar-refractivity contribution >= 4 is 17.2 Å². The molecule has 1 aliphatic heterocycles. The van der Waals surface area contributed by atoms with E-state index in [9.17, 15) is 0 Å². The number of nitrogens with zero attached hydrogens (tertiary/aromatic N) is 4. The first-order chi connectivity index (χ1) is 12.1. The predicted molar refractivity (Wildman–Crippen MR) is 102 cm³/mol. The second kappa shape index (κ2) is 7.00. The number of fused-ring (bicyclic) bond motifs is 2. The highest BCUT2D eigenvalue weighted by atomic mass is 32.1. The number of aromatic nitrogens is 3. The normalized spacial score (nSPS) is 19.0. The molecule has 3 heterocycles. The lowest BCUT2D eigenvalue weighted by Crippen LogP contribution is -2.20. The van der Waals surface area contributed by atoms with E-state index in [4.69, 9.17) is 15.0 Å². The molecule has 2 aromatic heterocycles. The molecule has 1 atom stereocenters. The van der Waals surface area contributed by atoms with E-state index in [2.05, 4.69) is 24.2 Å². The fourth-order valence-corrected chi connectivity index (χ4v) is 4.93. The smallest absolute Gasteiger partial charge is 0.133 e. The third-order valence-corrected chi connectivity index (χ3v) is 6.60. The Hall–Kier alpha value is -1.53. The minimum atomic E-state index is 0.190. The summed E-state index contributed by atoms with van der Waals surface area (Å²) in [6, 6.07) is 0.190. The van der Waals surface area contributed by atoms with Crippen molar-refractivity contribution in [3.63, 3.8) is 0 Å². The standard InChI is InChI=1S/C19H27N5S/c1-12(19-23-16-6-4-5-7-17(16)25-19)20-18-14-8-10-24(3)11-9-15(14)21-13(2)22-18/h12H,4-11H2,1-3H3,(H,20,21,22). The molecule has 0 bridgehead atoms. The molecule has 0 spiro atoms. The third-order valence-electron chi connectivity index (χ3n) is 5.26. The summed E-state index contributed by atoms with van der Waals surface area (Å²) in [4.78, 5) is 18.2. The van der Waals surface area contributed by atoms with Crippen molar-refractivity contribution < 1.29 is 0 Å². The van der Waals surface area contributed by atoms with E-state index in [1.807, 2.05) is 18.3 Å². The summed E-state index contributed by atoms with van der Waals surface area (Å²) >= 11 is 1.88. The summed E-state index contributed by atoms with van der Waals surface area (Å²) in [5, 5.41) is 4.85. The number of hydrogen-bond donors (Lipinski definition) is 1. The van der Waals surface area contributed by atoms with Crippen LogP contribution in [0, 0.1) is 6.92 Å². The molecule has 0 saturated carbocycles. The van der Waals surface area contributed by atoms with Gasteiger partial charge in [-0.3, -0.25) is 0 Å². The highest BCUT2D eigenvalue weighted by Crippen LogP contribution is 2.32. The van der Waals surface area contributed by atoms with Crippen LogP contribution in [0.5, 0.6) is 0 Å². The van der Waals surface area contributed by atoms with Gasteiger partial charge in [-0.15, -0.1) is 11.3 Å². The number of aryl methyl sites for hydroxylation is 3. The Balaban J connectivity index is 1.60. The Bertz CT molecular complexity index is 746. The van der Waals surface area contributed by atoms with Gasteiger partial charge in [0.15, 0.2) is 0 Å². The fraction of sp³-hybridized carbons (Fsp3) is 0.632. The lowest BCUT2D eigenvalue weighted by molar-refractivity contribution is 0.352. The summed E-state index contributed by atoms with van der Waals surface area (Å²) in [5.74, 6) is 1.87. The average molecular weight is 358 g/mol. The van der Waals surface area contributed by atoms with Crippen LogP contribution < -0.4 is 5.32 Å². The summed E-state index contributed by atoms with van der Waals surface area (Å²) < 4.78 is 0. The van der Waals surface area contributed by atoms with Crippen LogP contribution in [-0.4, -0.2) is 40.0 Å². The van der Waals surface area contributed by atoms with E-state index in [1.165, 1.54) is 46.1 Å². The topological polar surface area (TPSA) is 53.9 Å². The molecule has 0 aromatic carbocycles. The van der Waals surface area contributed by atoms with Gasteiger partial charge in [0.2, 0.25) is 0 Å². The van der Waals surface area contributed by atoms with E-state index in [0.717, 1.165) is 44.0 Å². The summed E-state index contributed by atoms with van der Waals surface area (Å²) in [6.07, 6.45) is 6.95. The second-order valence-electron chi connectivity index (χ2n) is 7.34. The van der Waals surface area contributed by atoms with E-state index in [1.54, 1.807) is 0 Å². The molecule has 0 saturated heterocycles. The maximum absolute atomic E-state index is 4.92. The van der Waals surface area contributed by atoms with Gasteiger partial charge in [0, 0.05) is 30.0 Å². The van der Waals surface area contributed by atoms with Crippen molar-refractivity contribution in [2.75, 3.05) is 25.5 Å². The highest BCUT2D eigenvalue weighted by Gasteiger charge is 2.22. The first-order valence-electron chi connectivity index (χ1n) is 9.40. The van der Waals surface area contributed by atoms with Gasteiger partial charge in [0.1, 0.15) is 16.6 Å². The van der Waals surface area contributed by atoms with Crippen molar-refractivity contribution in [1.82, 2.24) is 19.9 Å². The SMILES string of the molecule is Cc1nc2c(c(NC(C)c3nc4c(s3)CCCC4)n1)CCN(C)CC2. The Labute approximate surface area is 153 Å². The zero-order chi connectivity index (χ0) is 17.4. The van der Waals surface area contributed by atoms with Gasteiger partial charge in [-0.1, -0.05) is 0 Å². The third kappa shape index (κ3) is 3.55. The molecule has 1 unspecified atom stereocenters. The Morgan fingerprint density at radius 3 is 2.64 bits per heavy atom. The van der Waals surface area contributed by atoms with Crippen LogP contribution in [0.3, 0.4) is 0 Å². The zero-order valence-electron chi connectivity index (χ0n) is 15.4. The molecule has 6 heteroatoms. The van der Waals surface area contributed by atoms with Crippen LogP contribution in [-0.2, 0) is 25.7 Å². The molecular formula is C19H27N5S. The van der Waals surface area contributed by atoms with Crippen LogP contribution >= 0.6 is 11.3 Å². The summed E-state index contributed by atoms with van der Waals surface area (Å²) in [5.41, 5.74) is 3.84. The van der Waals surface area contributed by atoms with Gasteiger partial charge in [-0.05, 0) is 53.0 Å². The van der Waals surface area contributed by atoms with Crippen molar-refractivity contribution in [3.05, 3.63) is 32.7 Å². The van der Waals surface area contributed by atoms with Crippen molar-refractivity contribution in [3.8, 4) is 0 Å². The van der Waals surface area contributed by atoms with Gasteiger partial charge in [-0.2, -0.15) is 0 Å². The van der Waals surface area contributed by atoms with Gasteiger partial charge in [-0.25, -0.2) is 15.0 Å². The molecule has 2 aliphatic rings. The molecular weight excluding hydrogens is 330 g/mol. The zero-order valence-corrected chi connectivity index (χ0v) is 16.2. The number of nitrogens with one attached hydrogen (secondary N) is 1. The number of rotatable bonds is 3. The Kier molecular flexibility index (Phi) is 4.73. The van der Waals surface area contributed by atoms with E-state index in [0.29, 0.717) is 0 Å². The van der Waals surface area contributed by atoms with Crippen molar-refractivity contribution in [2.45, 2.75) is 58.4 Å². The van der Waals surface area contributed by atoms with Crippen molar-refractivity contribution in [1.29, 1.82) is 0 Å². The molecule has 2 aromatic rings. The summed E-state index contributed by atoms with van der Waals surface area (Å²) in [7, 11) is 2.18. The molecule has 4 rings (SSSR count). The molecule has 0 amide bonds. The molecule has 1 aliphatic carbocycles. The minimum Gasteiger partial charge on any atom is -0.361 e. The number of likely N-dealkylation sites (N-methyl/N-ethyl adjacent to an activating group) is 1. The van der Waals surface area contributed by atoms with Crippen LogP contribution in [0.4, 0.5) is 5.82 Å². The molecule has 25 heavy (non-hydrogen) atoms. The van der Waals surface area contributed by atoms with Gasteiger partial charge in [0.25, 0.3) is 0 Å². The van der Waals surface area contributed by atoms with Crippen LogP contribution in [0.25, 0.3) is 0 Å². The van der Waals surface area contributed by atoms with Gasteiger partial charge in [0.05, 0.1) is 17.4 Å². The quantitative estimate of drug-likeness (QED) is 0.913. The first kappa shape index (κ1) is 16.9. The van der Waals surface area contributed by atoms with Gasteiger partial charge < -0.3 is 10.2 Å². The fourth-order valence-electron chi connectivity index (χ4n) is 3.78. The molecule has 5 nitrogen and oxygen atoms in total. The lowest BCUT2D eigenvalue weighted by Gasteiger charge is -2.17. The van der Waals surface area contributed by atoms with E-state index in [-0.39, 0.29) is 6.04 Å². The second-order valence-corrected chi connectivity index (χ2v) is 8.46. The molecule has 134 valence electrons. The monoisotopic (exact) mass is 357 g/mol. The number of thiazole rings is 1. The maximum atomic E-state index is 4.92. The summed E-state index contributed by atoms with van der Waals surface area (Å²) in [6.45, 7) is 6.33. The predicted octanol–water partition coefficient (Wildman–Crippen LogP) is 3.32. The lowest BCUT2D eigenvalue weighted by atomic mass is 10.0. The van der Waals surface area contributed by atoms with E-state index < -0.39 is 0 Å². The van der Waals surface area contributed by atoms with Crippen LogP contribution in [0.15, 0.2) is 0 Å². The highest BCUT2D eigenvalue weighted by molar-refractivity contribution is 7.11. The molecule has 0 radical (unpaired) electrons. The molecule has 0 fully saturated rings. The van der Waals surface area contributed by atoms with Crippen LogP contribution in [0.1, 0.15) is 58.5 Å². The minimum absolute atomic E-state index is 0.190.